The number of phenols is 1. The quantitative estimate of drug-likeness (QED) is 0.377. The van der Waals surface area contributed by atoms with E-state index in [2.05, 4.69) is 15.8 Å². The minimum absolute atomic E-state index is 0.0207. The van der Waals surface area contributed by atoms with E-state index in [0.29, 0.717) is 16.3 Å². The van der Waals surface area contributed by atoms with Gasteiger partial charge < -0.3 is 10.4 Å². The summed E-state index contributed by atoms with van der Waals surface area (Å²) in [4.78, 5) is 23.7. The Morgan fingerprint density at radius 3 is 2.46 bits per heavy atom. The summed E-state index contributed by atoms with van der Waals surface area (Å²) in [6.07, 6.45) is 1.30. The second kappa shape index (κ2) is 7.67. The number of hydrogen-bond donors (Lipinski definition) is 3. The molecule has 7 heteroatoms. The van der Waals surface area contributed by atoms with Crippen LogP contribution in [0.15, 0.2) is 65.8 Å². The van der Waals surface area contributed by atoms with Crippen molar-refractivity contribution in [2.24, 2.45) is 5.10 Å². The molecule has 0 aromatic heterocycles. The lowest BCUT2D eigenvalue weighted by Gasteiger charge is -2.05. The predicted molar refractivity (Wildman–Crippen MR) is 101 cm³/mol. The van der Waals surface area contributed by atoms with Crippen molar-refractivity contribution in [3.8, 4) is 5.75 Å². The number of hydrogen-bond acceptors (Lipinski definition) is 4. The third-order valence-corrected chi connectivity index (χ3v) is 3.87. The summed E-state index contributed by atoms with van der Waals surface area (Å²) in [5, 5.41) is 18.4. The third-order valence-electron chi connectivity index (χ3n) is 3.62. The van der Waals surface area contributed by atoms with E-state index in [9.17, 15) is 14.7 Å². The van der Waals surface area contributed by atoms with Crippen molar-refractivity contribution in [3.05, 3.63) is 71.2 Å². The highest BCUT2D eigenvalue weighted by atomic mass is 35.5. The largest absolute Gasteiger partial charge is 0.507 e. The zero-order valence-corrected chi connectivity index (χ0v) is 14.2. The number of nitrogens with zero attached hydrogens (tertiary/aromatic N) is 1. The van der Waals surface area contributed by atoms with Gasteiger partial charge in [0.05, 0.1) is 6.21 Å². The molecule has 0 spiro atoms. The number of fused-ring (bicyclic) bond motifs is 1. The number of halogens is 1. The molecule has 0 unspecified atom stereocenters. The topological polar surface area (TPSA) is 90.8 Å². The van der Waals surface area contributed by atoms with Gasteiger partial charge in [-0.15, -0.1) is 0 Å². The Labute approximate surface area is 154 Å². The number of phenolic OH excluding ortho intramolecular Hbond substituents is 1. The van der Waals surface area contributed by atoms with Crippen LogP contribution in [0.25, 0.3) is 10.8 Å². The number of nitrogens with one attached hydrogen (secondary N) is 2. The molecule has 3 rings (SSSR count). The Kier molecular flexibility index (Phi) is 5.15. The van der Waals surface area contributed by atoms with E-state index in [4.69, 9.17) is 11.6 Å². The van der Waals surface area contributed by atoms with Crippen LogP contribution in [0.4, 0.5) is 5.69 Å². The minimum Gasteiger partial charge on any atom is -0.507 e. The van der Waals surface area contributed by atoms with Gasteiger partial charge in [-0.25, -0.2) is 5.43 Å². The van der Waals surface area contributed by atoms with Crippen LogP contribution in [0, 0.1) is 0 Å². The van der Waals surface area contributed by atoms with E-state index in [1.165, 1.54) is 6.21 Å². The highest BCUT2D eigenvalue weighted by Gasteiger charge is 2.13. The monoisotopic (exact) mass is 367 g/mol. The van der Waals surface area contributed by atoms with Gasteiger partial charge in [-0.2, -0.15) is 5.10 Å². The van der Waals surface area contributed by atoms with E-state index in [1.54, 1.807) is 36.4 Å². The zero-order valence-electron chi connectivity index (χ0n) is 13.4. The summed E-state index contributed by atoms with van der Waals surface area (Å²) < 4.78 is 0. The van der Waals surface area contributed by atoms with Crippen LogP contribution in [0.2, 0.25) is 5.02 Å². The molecule has 0 saturated carbocycles. The summed E-state index contributed by atoms with van der Waals surface area (Å²) in [7, 11) is 0. The predicted octanol–water partition coefficient (Wildman–Crippen LogP) is 3.29. The van der Waals surface area contributed by atoms with Crippen LogP contribution in [-0.4, -0.2) is 23.1 Å². The lowest BCUT2D eigenvalue weighted by molar-refractivity contribution is -0.136. The van der Waals surface area contributed by atoms with Gasteiger partial charge in [0, 0.05) is 16.3 Å². The van der Waals surface area contributed by atoms with Gasteiger partial charge in [0.2, 0.25) is 0 Å². The molecule has 0 aliphatic rings. The molecule has 0 aliphatic carbocycles. The molecule has 0 heterocycles. The highest BCUT2D eigenvalue weighted by molar-refractivity contribution is 6.39. The van der Waals surface area contributed by atoms with Gasteiger partial charge in [0.25, 0.3) is 0 Å². The van der Waals surface area contributed by atoms with Gasteiger partial charge in [-0.3, -0.25) is 9.59 Å². The SMILES string of the molecule is O=C(NN=Cc1c(O)ccc2ccccc12)C(=O)Nc1ccc(Cl)cc1. The van der Waals surface area contributed by atoms with Gasteiger partial charge in [-0.05, 0) is 41.1 Å². The molecule has 0 radical (unpaired) electrons. The fraction of sp³-hybridized carbons (Fsp3) is 0. The lowest BCUT2D eigenvalue weighted by atomic mass is 10.0. The van der Waals surface area contributed by atoms with Crippen molar-refractivity contribution in [1.82, 2.24) is 5.43 Å². The molecule has 3 aromatic carbocycles. The number of benzene rings is 3. The standard InChI is InChI=1S/C19H14ClN3O3/c20-13-6-8-14(9-7-13)22-18(25)19(26)23-21-11-16-15-4-2-1-3-12(15)5-10-17(16)24/h1-11,24H,(H,22,25)(H,23,26). The first-order valence-corrected chi connectivity index (χ1v) is 8.03. The zero-order chi connectivity index (χ0) is 18.5. The van der Waals surface area contributed by atoms with E-state index in [1.807, 2.05) is 24.3 Å². The third kappa shape index (κ3) is 3.99. The van der Waals surface area contributed by atoms with Crippen LogP contribution >= 0.6 is 11.6 Å². The fourth-order valence-corrected chi connectivity index (χ4v) is 2.47. The minimum atomic E-state index is -0.934. The normalized spacial score (nSPS) is 10.8. The fourth-order valence-electron chi connectivity index (χ4n) is 2.35. The molecule has 3 N–H and O–H groups in total. The lowest BCUT2D eigenvalue weighted by Crippen LogP contribution is -2.32. The molecule has 26 heavy (non-hydrogen) atoms. The molecule has 6 nitrogen and oxygen atoms in total. The van der Waals surface area contributed by atoms with Crippen molar-refractivity contribution in [3.63, 3.8) is 0 Å². The van der Waals surface area contributed by atoms with Crippen LogP contribution in [0.3, 0.4) is 0 Å². The first kappa shape index (κ1) is 17.4. The molecule has 0 saturated heterocycles. The molecule has 2 amide bonds. The van der Waals surface area contributed by atoms with Crippen molar-refractivity contribution >= 4 is 46.1 Å². The summed E-state index contributed by atoms with van der Waals surface area (Å²) >= 11 is 5.76. The number of anilines is 1. The molecule has 0 atom stereocenters. The molecule has 0 bridgehead atoms. The van der Waals surface area contributed by atoms with Crippen molar-refractivity contribution < 1.29 is 14.7 Å². The van der Waals surface area contributed by atoms with Gasteiger partial charge in [0.15, 0.2) is 0 Å². The summed E-state index contributed by atoms with van der Waals surface area (Å²) in [5.74, 6) is -1.78. The van der Waals surface area contributed by atoms with Gasteiger partial charge in [-0.1, -0.05) is 41.9 Å². The average molecular weight is 368 g/mol. The van der Waals surface area contributed by atoms with Crippen molar-refractivity contribution in [2.75, 3.05) is 5.32 Å². The maximum Gasteiger partial charge on any atom is 0.329 e. The van der Waals surface area contributed by atoms with E-state index < -0.39 is 11.8 Å². The molecular weight excluding hydrogens is 354 g/mol. The average Bonchev–Trinajstić information content (AvgIpc) is 2.65. The van der Waals surface area contributed by atoms with Crippen molar-refractivity contribution in [2.45, 2.75) is 0 Å². The Morgan fingerprint density at radius 1 is 0.962 bits per heavy atom. The summed E-state index contributed by atoms with van der Waals surface area (Å²) in [6.45, 7) is 0. The maximum absolute atomic E-state index is 11.8. The molecule has 0 aliphatic heterocycles. The second-order valence-electron chi connectivity index (χ2n) is 5.38. The first-order chi connectivity index (χ1) is 12.5. The number of carbonyl (C=O) groups excluding carboxylic acids is 2. The van der Waals surface area contributed by atoms with E-state index in [0.717, 1.165) is 10.8 Å². The maximum atomic E-state index is 11.8. The number of rotatable bonds is 3. The van der Waals surface area contributed by atoms with E-state index in [-0.39, 0.29) is 5.75 Å². The van der Waals surface area contributed by atoms with E-state index >= 15 is 0 Å². The van der Waals surface area contributed by atoms with Crippen LogP contribution in [-0.2, 0) is 9.59 Å². The van der Waals surface area contributed by atoms with Gasteiger partial charge in [0.1, 0.15) is 5.75 Å². The van der Waals surface area contributed by atoms with Gasteiger partial charge >= 0.3 is 11.8 Å². The Balaban J connectivity index is 1.68. The number of hydrazone groups is 1. The molecule has 0 fully saturated rings. The number of aromatic hydroxyl groups is 1. The Morgan fingerprint density at radius 2 is 1.69 bits per heavy atom. The van der Waals surface area contributed by atoms with Crippen molar-refractivity contribution in [1.29, 1.82) is 0 Å². The van der Waals surface area contributed by atoms with Crippen LogP contribution in [0.1, 0.15) is 5.56 Å². The highest BCUT2D eigenvalue weighted by Crippen LogP contribution is 2.25. The van der Waals surface area contributed by atoms with Crippen LogP contribution < -0.4 is 10.7 Å². The van der Waals surface area contributed by atoms with Crippen LogP contribution in [0.5, 0.6) is 5.75 Å². The first-order valence-electron chi connectivity index (χ1n) is 7.65. The molecular formula is C19H14ClN3O3. The molecule has 3 aromatic rings. The summed E-state index contributed by atoms with van der Waals surface area (Å²) in [5.41, 5.74) is 3.02. The second-order valence-corrected chi connectivity index (χ2v) is 5.82. The summed E-state index contributed by atoms with van der Waals surface area (Å²) in [6, 6.07) is 17.1. The molecule has 130 valence electrons. The Hall–Kier alpha value is -3.38. The number of carbonyl (C=O) groups is 2. The number of amides is 2. The smallest absolute Gasteiger partial charge is 0.329 e. The Bertz CT molecular complexity index is 1000.